The van der Waals surface area contributed by atoms with E-state index in [1.807, 2.05) is 6.08 Å². The molecule has 0 aromatic heterocycles. The number of rotatable bonds is 10. The van der Waals surface area contributed by atoms with Crippen molar-refractivity contribution in [2.24, 2.45) is 11.8 Å². The number of benzene rings is 1. The first-order valence-corrected chi connectivity index (χ1v) is 14.9. The van der Waals surface area contributed by atoms with Gasteiger partial charge in [0.25, 0.3) is 0 Å². The van der Waals surface area contributed by atoms with Crippen molar-refractivity contribution in [2.45, 2.75) is 90.3 Å². The first kappa shape index (κ1) is 28.2. The topological polar surface area (TPSA) is 87.1 Å². The van der Waals surface area contributed by atoms with E-state index >= 15 is 0 Å². The van der Waals surface area contributed by atoms with Gasteiger partial charge in [0.2, 0.25) is 5.91 Å². The van der Waals surface area contributed by atoms with E-state index in [9.17, 15) is 24.2 Å². The average Bonchev–Trinajstić information content (AvgIpc) is 3.02. The minimum Gasteiger partial charge on any atom is -0.481 e. The van der Waals surface area contributed by atoms with Gasteiger partial charge in [-0.1, -0.05) is 46.8 Å². The zero-order chi connectivity index (χ0) is 25.8. The molecule has 1 amide bonds. The number of nitrogens with zero attached hydrogens (tertiary/aromatic N) is 1. The number of carbonyl (C=O) groups excluding carboxylic acids is 1. The molecule has 2 rings (SSSR count). The van der Waals surface area contributed by atoms with Crippen LogP contribution >= 0.6 is 0 Å². The molecule has 8 heteroatoms. The fourth-order valence-electron chi connectivity index (χ4n) is 4.11. The second-order valence-electron chi connectivity index (χ2n) is 11.1. The Morgan fingerprint density at radius 3 is 2.35 bits per heavy atom. The van der Waals surface area contributed by atoms with Crippen LogP contribution in [-0.4, -0.2) is 48.7 Å². The Bertz CT molecular complexity index is 878. The van der Waals surface area contributed by atoms with Gasteiger partial charge in [0, 0.05) is 18.5 Å². The quantitative estimate of drug-likeness (QED) is 0.338. The predicted molar refractivity (Wildman–Crippen MR) is 135 cm³/mol. The number of halogens is 1. The summed E-state index contributed by atoms with van der Waals surface area (Å²) < 4.78 is 19.7. The summed E-state index contributed by atoms with van der Waals surface area (Å²) in [6.07, 6.45) is 2.27. The molecule has 0 aliphatic carbocycles. The lowest BCUT2D eigenvalue weighted by Crippen LogP contribution is -2.45. The lowest BCUT2D eigenvalue weighted by molar-refractivity contribution is -0.139. The van der Waals surface area contributed by atoms with Gasteiger partial charge < -0.3 is 19.5 Å². The molecule has 1 aliphatic heterocycles. The lowest BCUT2D eigenvalue weighted by Gasteiger charge is -2.39. The Morgan fingerprint density at radius 1 is 1.26 bits per heavy atom. The third-order valence-corrected chi connectivity index (χ3v) is 11.6. The Labute approximate surface area is 203 Å². The van der Waals surface area contributed by atoms with Gasteiger partial charge in [-0.3, -0.25) is 9.59 Å². The van der Waals surface area contributed by atoms with Gasteiger partial charge in [0.1, 0.15) is 5.82 Å². The summed E-state index contributed by atoms with van der Waals surface area (Å²) in [6.45, 7) is 14.5. The van der Waals surface area contributed by atoms with Gasteiger partial charge >= 0.3 is 5.97 Å². The molecule has 1 aromatic rings. The second kappa shape index (κ2) is 11.1. The molecule has 1 aromatic carbocycles. The summed E-state index contributed by atoms with van der Waals surface area (Å²) in [4.78, 5) is 25.9. The smallest absolute Gasteiger partial charge is 0.305 e. The van der Waals surface area contributed by atoms with Crippen molar-refractivity contribution < 1.29 is 28.6 Å². The van der Waals surface area contributed by atoms with Crippen LogP contribution in [0, 0.1) is 17.7 Å². The summed E-state index contributed by atoms with van der Waals surface area (Å²) in [7, 11) is -2.23. The van der Waals surface area contributed by atoms with Gasteiger partial charge in [0.15, 0.2) is 8.32 Å². The number of hydrogen-bond donors (Lipinski definition) is 2. The van der Waals surface area contributed by atoms with Crippen molar-refractivity contribution in [1.29, 1.82) is 0 Å². The summed E-state index contributed by atoms with van der Waals surface area (Å²) >= 11 is 0. The molecule has 6 nitrogen and oxygen atoms in total. The van der Waals surface area contributed by atoms with E-state index in [1.165, 1.54) is 12.1 Å². The molecule has 1 heterocycles. The molecule has 1 saturated heterocycles. The molecule has 190 valence electrons. The Balaban J connectivity index is 2.23. The van der Waals surface area contributed by atoms with Crippen molar-refractivity contribution in [3.63, 3.8) is 0 Å². The summed E-state index contributed by atoms with van der Waals surface area (Å²) in [5.41, 5.74) is 0.615. The van der Waals surface area contributed by atoms with E-state index in [0.29, 0.717) is 12.1 Å². The average molecular weight is 494 g/mol. The molecular weight excluding hydrogens is 453 g/mol. The highest BCUT2D eigenvalue weighted by molar-refractivity contribution is 6.74. The maximum atomic E-state index is 13.4. The second-order valence-corrected chi connectivity index (χ2v) is 15.9. The van der Waals surface area contributed by atoms with E-state index in [0.717, 1.165) is 0 Å². The number of aliphatic carboxylic acids is 1. The number of aliphatic hydroxyl groups excluding tert-OH is 1. The molecule has 4 atom stereocenters. The summed E-state index contributed by atoms with van der Waals surface area (Å²) in [5, 5.41) is 20.1. The van der Waals surface area contributed by atoms with Crippen molar-refractivity contribution in [3.8, 4) is 0 Å². The van der Waals surface area contributed by atoms with Crippen LogP contribution in [0.4, 0.5) is 10.1 Å². The maximum absolute atomic E-state index is 13.4. The van der Waals surface area contributed by atoms with Gasteiger partial charge in [-0.15, -0.1) is 0 Å². The number of aliphatic hydroxyl groups is 1. The molecule has 0 radical (unpaired) electrons. The molecule has 1 aliphatic rings. The van der Waals surface area contributed by atoms with Crippen LogP contribution in [0.2, 0.25) is 18.1 Å². The van der Waals surface area contributed by atoms with E-state index in [-0.39, 0.29) is 47.5 Å². The Hall–Kier alpha value is -2.03. The lowest BCUT2D eigenvalue weighted by atomic mass is 9.88. The Morgan fingerprint density at radius 2 is 1.85 bits per heavy atom. The molecule has 0 saturated carbocycles. The first-order chi connectivity index (χ1) is 15.6. The standard InChI is InChI=1S/C26H40FNO5Si/c1-17(2)22-16-24(30)28(19-10-8-18(27)9-11-19)23(22)13-12-20(29)14-21(15-25(31)32)33-34(6,7)26(3,4)5/h8-13,17,20-23,29H,14-16H2,1-7H3,(H,31,32)/b13-12+/t20?,21-,22-,23-/m1/s1. The molecule has 34 heavy (non-hydrogen) atoms. The number of amides is 1. The van der Waals surface area contributed by atoms with Crippen LogP contribution in [0.5, 0.6) is 0 Å². The number of carbonyl (C=O) groups is 2. The largest absolute Gasteiger partial charge is 0.481 e. The zero-order valence-electron chi connectivity index (χ0n) is 21.4. The number of carboxylic acid groups (broad SMARTS) is 1. The van der Waals surface area contributed by atoms with E-state index in [1.54, 1.807) is 23.1 Å². The van der Waals surface area contributed by atoms with Crippen molar-refractivity contribution >= 4 is 25.9 Å². The number of hydrogen-bond acceptors (Lipinski definition) is 4. The van der Waals surface area contributed by atoms with Crippen LogP contribution < -0.4 is 4.90 Å². The zero-order valence-corrected chi connectivity index (χ0v) is 22.4. The molecule has 1 fully saturated rings. The molecular formula is C26H40FNO5Si. The monoisotopic (exact) mass is 493 g/mol. The van der Waals surface area contributed by atoms with Gasteiger partial charge in [-0.25, -0.2) is 4.39 Å². The van der Waals surface area contributed by atoms with Crippen LogP contribution in [-0.2, 0) is 14.0 Å². The van der Waals surface area contributed by atoms with Crippen molar-refractivity contribution in [3.05, 3.63) is 42.2 Å². The van der Waals surface area contributed by atoms with E-state index in [4.69, 9.17) is 4.43 Å². The molecule has 2 N–H and O–H groups in total. The highest BCUT2D eigenvalue weighted by Crippen LogP contribution is 2.39. The van der Waals surface area contributed by atoms with Crippen LogP contribution in [0.3, 0.4) is 0 Å². The van der Waals surface area contributed by atoms with Gasteiger partial charge in [0.05, 0.1) is 24.7 Å². The normalized spacial score (nSPS) is 21.5. The van der Waals surface area contributed by atoms with Crippen LogP contribution in [0.1, 0.15) is 53.9 Å². The van der Waals surface area contributed by atoms with Crippen molar-refractivity contribution in [2.75, 3.05) is 4.90 Å². The van der Waals surface area contributed by atoms with E-state index < -0.39 is 26.5 Å². The first-order valence-electron chi connectivity index (χ1n) is 12.0. The molecule has 1 unspecified atom stereocenters. The number of anilines is 1. The third kappa shape index (κ3) is 7.23. The SMILES string of the molecule is CC(C)[C@H]1CC(=O)N(c2ccc(F)cc2)[C@@H]1/C=C/C(O)C[C@H](CC(=O)O)O[Si](C)(C)C(C)(C)C. The number of carboxylic acids is 1. The third-order valence-electron chi connectivity index (χ3n) is 7.08. The fraction of sp³-hybridized carbons (Fsp3) is 0.615. The minimum absolute atomic E-state index is 0.0410. The highest BCUT2D eigenvalue weighted by atomic mass is 28.4. The van der Waals surface area contributed by atoms with Crippen LogP contribution in [0.25, 0.3) is 0 Å². The maximum Gasteiger partial charge on any atom is 0.305 e. The van der Waals surface area contributed by atoms with E-state index in [2.05, 4.69) is 47.7 Å². The van der Waals surface area contributed by atoms with Crippen molar-refractivity contribution in [1.82, 2.24) is 0 Å². The summed E-state index contributed by atoms with van der Waals surface area (Å²) in [6, 6.07) is 5.55. The molecule has 0 spiro atoms. The fourth-order valence-corrected chi connectivity index (χ4v) is 5.47. The van der Waals surface area contributed by atoms with Gasteiger partial charge in [-0.2, -0.15) is 0 Å². The summed E-state index contributed by atoms with van der Waals surface area (Å²) in [5.74, 6) is -1.12. The minimum atomic E-state index is -2.23. The van der Waals surface area contributed by atoms with Gasteiger partial charge in [-0.05, 0) is 54.2 Å². The Kier molecular flexibility index (Phi) is 9.24. The predicted octanol–water partition coefficient (Wildman–Crippen LogP) is 5.38. The molecule has 0 bridgehead atoms. The van der Waals surface area contributed by atoms with Crippen LogP contribution in [0.15, 0.2) is 36.4 Å². The highest BCUT2D eigenvalue weighted by Gasteiger charge is 2.41.